The van der Waals surface area contributed by atoms with Crippen molar-refractivity contribution in [2.75, 3.05) is 17.2 Å². The Morgan fingerprint density at radius 2 is 2.31 bits per heavy atom. The van der Waals surface area contributed by atoms with E-state index in [1.54, 1.807) is 6.07 Å². The van der Waals surface area contributed by atoms with Crippen LogP contribution in [-0.4, -0.2) is 12.6 Å². The molecule has 1 atom stereocenters. The van der Waals surface area contributed by atoms with Crippen LogP contribution < -0.4 is 10.6 Å². The highest BCUT2D eigenvalue weighted by Crippen LogP contribution is 2.35. The fourth-order valence-electron chi connectivity index (χ4n) is 1.42. The minimum atomic E-state index is -0.234. The van der Waals surface area contributed by atoms with Crippen molar-refractivity contribution in [1.82, 2.24) is 0 Å². The summed E-state index contributed by atoms with van der Waals surface area (Å²) in [5.41, 5.74) is 1.77. The van der Waals surface area contributed by atoms with Crippen LogP contribution in [0.15, 0.2) is 16.6 Å². The van der Waals surface area contributed by atoms with E-state index in [2.05, 4.69) is 33.5 Å². The summed E-state index contributed by atoms with van der Waals surface area (Å²) < 4.78 is 13.6. The second kappa shape index (κ2) is 3.18. The lowest BCUT2D eigenvalue weighted by atomic mass is 10.2. The minimum absolute atomic E-state index is 0.234. The van der Waals surface area contributed by atoms with Gasteiger partial charge in [-0.05, 0) is 35.0 Å². The Morgan fingerprint density at radius 3 is 3.08 bits per heavy atom. The summed E-state index contributed by atoms with van der Waals surface area (Å²) in [6.45, 7) is 2.89. The van der Waals surface area contributed by atoms with Gasteiger partial charge in [-0.1, -0.05) is 0 Å². The molecule has 13 heavy (non-hydrogen) atoms. The van der Waals surface area contributed by atoms with Crippen molar-refractivity contribution in [2.45, 2.75) is 13.0 Å². The molecule has 2 N–H and O–H groups in total. The number of rotatable bonds is 0. The third kappa shape index (κ3) is 1.50. The molecular formula is C9H10BrFN2. The molecule has 0 bridgehead atoms. The van der Waals surface area contributed by atoms with Crippen molar-refractivity contribution in [3.05, 3.63) is 22.4 Å². The van der Waals surface area contributed by atoms with Gasteiger partial charge in [-0.2, -0.15) is 0 Å². The number of hydrogen-bond acceptors (Lipinski definition) is 2. The average molecular weight is 245 g/mol. The van der Waals surface area contributed by atoms with E-state index < -0.39 is 0 Å². The van der Waals surface area contributed by atoms with Gasteiger partial charge in [0.05, 0.1) is 15.8 Å². The highest BCUT2D eigenvalue weighted by atomic mass is 79.9. The molecule has 0 saturated carbocycles. The number of hydrogen-bond donors (Lipinski definition) is 2. The van der Waals surface area contributed by atoms with Gasteiger partial charge in [-0.25, -0.2) is 4.39 Å². The van der Waals surface area contributed by atoms with Crippen molar-refractivity contribution >= 4 is 27.3 Å². The molecule has 2 rings (SSSR count). The summed E-state index contributed by atoms with van der Waals surface area (Å²) >= 11 is 3.21. The molecule has 0 radical (unpaired) electrons. The fourth-order valence-corrected chi connectivity index (χ4v) is 1.90. The van der Waals surface area contributed by atoms with Crippen LogP contribution in [0, 0.1) is 5.82 Å². The van der Waals surface area contributed by atoms with Crippen LogP contribution in [0.3, 0.4) is 0 Å². The molecule has 2 nitrogen and oxygen atoms in total. The summed E-state index contributed by atoms with van der Waals surface area (Å²) in [5.74, 6) is -0.234. The first-order chi connectivity index (χ1) is 6.18. The first-order valence-electron chi connectivity index (χ1n) is 4.17. The Hall–Kier alpha value is -0.770. The third-order valence-corrected chi connectivity index (χ3v) is 2.86. The van der Waals surface area contributed by atoms with Crippen LogP contribution >= 0.6 is 15.9 Å². The van der Waals surface area contributed by atoms with E-state index in [1.165, 1.54) is 6.07 Å². The largest absolute Gasteiger partial charge is 0.380 e. The van der Waals surface area contributed by atoms with Gasteiger partial charge in [-0.3, -0.25) is 0 Å². The van der Waals surface area contributed by atoms with E-state index in [4.69, 9.17) is 0 Å². The van der Waals surface area contributed by atoms with Gasteiger partial charge in [0, 0.05) is 12.6 Å². The van der Waals surface area contributed by atoms with Gasteiger partial charge in [0.2, 0.25) is 0 Å². The normalized spacial score (nSPS) is 20.1. The van der Waals surface area contributed by atoms with Gasteiger partial charge in [-0.15, -0.1) is 0 Å². The average Bonchev–Trinajstić information content (AvgIpc) is 2.12. The van der Waals surface area contributed by atoms with Crippen LogP contribution in [0.1, 0.15) is 6.92 Å². The zero-order valence-corrected chi connectivity index (χ0v) is 8.78. The predicted molar refractivity (Wildman–Crippen MR) is 55.7 cm³/mol. The van der Waals surface area contributed by atoms with Gasteiger partial charge in [0.15, 0.2) is 0 Å². The Morgan fingerprint density at radius 1 is 1.54 bits per heavy atom. The van der Waals surface area contributed by atoms with E-state index in [9.17, 15) is 4.39 Å². The first kappa shape index (κ1) is 8.81. The Kier molecular flexibility index (Phi) is 2.15. The third-order valence-electron chi connectivity index (χ3n) is 2.08. The van der Waals surface area contributed by atoms with Crippen LogP contribution in [0.25, 0.3) is 0 Å². The van der Waals surface area contributed by atoms with Gasteiger partial charge in [0.25, 0.3) is 0 Å². The molecular weight excluding hydrogens is 235 g/mol. The standard InChI is InChI=1S/C9H10BrFN2/c1-5-4-12-9-7(13-5)3-2-6(11)8(9)10/h2-3,5,12-13H,4H2,1H3/t5-/m0/s1. The number of anilines is 2. The summed E-state index contributed by atoms with van der Waals surface area (Å²) in [5, 5.41) is 6.44. The van der Waals surface area contributed by atoms with Crippen LogP contribution in [0.4, 0.5) is 15.8 Å². The molecule has 0 unspecified atom stereocenters. The maximum absolute atomic E-state index is 13.1. The number of fused-ring (bicyclic) bond motifs is 1. The summed E-state index contributed by atoms with van der Waals surface area (Å²) in [4.78, 5) is 0. The first-order valence-corrected chi connectivity index (χ1v) is 4.96. The maximum Gasteiger partial charge on any atom is 0.139 e. The summed E-state index contributed by atoms with van der Waals surface area (Å²) in [6.07, 6.45) is 0. The molecule has 0 saturated heterocycles. The van der Waals surface area contributed by atoms with Crippen LogP contribution in [0.5, 0.6) is 0 Å². The van der Waals surface area contributed by atoms with E-state index in [0.29, 0.717) is 10.5 Å². The molecule has 0 fully saturated rings. The van der Waals surface area contributed by atoms with E-state index in [-0.39, 0.29) is 5.82 Å². The smallest absolute Gasteiger partial charge is 0.139 e. The molecule has 70 valence electrons. The molecule has 1 aromatic carbocycles. The van der Waals surface area contributed by atoms with Crippen LogP contribution in [-0.2, 0) is 0 Å². The molecule has 0 spiro atoms. The van der Waals surface area contributed by atoms with Crippen molar-refractivity contribution in [2.24, 2.45) is 0 Å². The minimum Gasteiger partial charge on any atom is -0.380 e. The lowest BCUT2D eigenvalue weighted by Crippen LogP contribution is -2.30. The lowest BCUT2D eigenvalue weighted by molar-refractivity contribution is 0.620. The summed E-state index contributed by atoms with van der Waals surface area (Å²) in [6, 6.07) is 3.58. The van der Waals surface area contributed by atoms with Gasteiger partial charge >= 0.3 is 0 Å². The molecule has 0 amide bonds. The van der Waals surface area contributed by atoms with E-state index in [1.807, 2.05) is 0 Å². The Bertz CT molecular complexity index is 341. The monoisotopic (exact) mass is 244 g/mol. The van der Waals surface area contributed by atoms with E-state index >= 15 is 0 Å². The predicted octanol–water partition coefficient (Wildman–Crippen LogP) is 2.81. The molecule has 0 aliphatic carbocycles. The lowest BCUT2D eigenvalue weighted by Gasteiger charge is -2.26. The highest BCUT2D eigenvalue weighted by molar-refractivity contribution is 9.10. The number of nitrogens with one attached hydrogen (secondary N) is 2. The second-order valence-corrected chi connectivity index (χ2v) is 4.00. The zero-order valence-electron chi connectivity index (χ0n) is 7.20. The maximum atomic E-state index is 13.1. The molecule has 1 aliphatic rings. The van der Waals surface area contributed by atoms with Crippen molar-refractivity contribution in [1.29, 1.82) is 0 Å². The Labute approximate surface area is 84.7 Å². The van der Waals surface area contributed by atoms with Gasteiger partial charge < -0.3 is 10.6 Å². The van der Waals surface area contributed by atoms with Crippen molar-refractivity contribution < 1.29 is 4.39 Å². The summed E-state index contributed by atoms with van der Waals surface area (Å²) in [7, 11) is 0. The topological polar surface area (TPSA) is 24.1 Å². The second-order valence-electron chi connectivity index (χ2n) is 3.21. The van der Waals surface area contributed by atoms with Crippen LogP contribution in [0.2, 0.25) is 0 Å². The number of halogens is 2. The van der Waals surface area contributed by atoms with Gasteiger partial charge in [0.1, 0.15) is 5.82 Å². The molecule has 0 aromatic heterocycles. The Balaban J connectivity index is 2.47. The quantitative estimate of drug-likeness (QED) is 0.734. The van der Waals surface area contributed by atoms with E-state index in [0.717, 1.165) is 17.9 Å². The highest BCUT2D eigenvalue weighted by Gasteiger charge is 2.17. The van der Waals surface area contributed by atoms with Crippen molar-refractivity contribution in [3.63, 3.8) is 0 Å². The number of benzene rings is 1. The molecule has 1 aliphatic heterocycles. The SMILES string of the molecule is C[C@H]1CNc2c(ccc(F)c2Br)N1. The molecule has 4 heteroatoms. The fraction of sp³-hybridized carbons (Fsp3) is 0.333. The molecule has 1 aromatic rings. The zero-order chi connectivity index (χ0) is 9.42. The van der Waals surface area contributed by atoms with Crippen molar-refractivity contribution in [3.8, 4) is 0 Å². The molecule has 1 heterocycles.